The second-order valence-electron chi connectivity index (χ2n) is 5.17. The van der Waals surface area contributed by atoms with Crippen LogP contribution in [0.2, 0.25) is 0 Å². The van der Waals surface area contributed by atoms with Crippen molar-refractivity contribution in [1.29, 1.82) is 0 Å². The molecule has 0 bridgehead atoms. The quantitative estimate of drug-likeness (QED) is 0.881. The van der Waals surface area contributed by atoms with Crippen molar-refractivity contribution >= 4 is 17.3 Å². The van der Waals surface area contributed by atoms with Gasteiger partial charge >= 0.3 is 0 Å². The minimum absolute atomic E-state index is 0.0485. The van der Waals surface area contributed by atoms with Crippen LogP contribution in [0.1, 0.15) is 18.1 Å². The fraction of sp³-hybridized carbons (Fsp3) is 0.235. The molecule has 0 saturated carbocycles. The van der Waals surface area contributed by atoms with Crippen LogP contribution in [0.3, 0.4) is 0 Å². The van der Waals surface area contributed by atoms with Gasteiger partial charge in [-0.2, -0.15) is 0 Å². The Hall–Kier alpha value is -2.49. The zero-order chi connectivity index (χ0) is 14.8. The minimum Gasteiger partial charge on any atom is -0.482 e. The van der Waals surface area contributed by atoms with Gasteiger partial charge in [0.2, 0.25) is 0 Å². The number of carbonyl (C=O) groups is 1. The molecular formula is C17H18N2O2. The number of anilines is 2. The standard InChI is InChI=1S/C17H18N2O2/c1-2-12-3-5-13(6-4-12)10-19-15-9-14(18)7-8-16(15)21-11-17(19)20/h3-9H,2,10-11,18H2,1H3. The molecule has 1 heterocycles. The van der Waals surface area contributed by atoms with Crippen molar-refractivity contribution in [3.05, 3.63) is 53.6 Å². The molecule has 0 radical (unpaired) electrons. The molecule has 108 valence electrons. The van der Waals surface area contributed by atoms with Crippen molar-refractivity contribution < 1.29 is 9.53 Å². The maximum Gasteiger partial charge on any atom is 0.265 e. The van der Waals surface area contributed by atoms with Gasteiger partial charge < -0.3 is 15.4 Å². The van der Waals surface area contributed by atoms with Gasteiger partial charge in [-0.15, -0.1) is 0 Å². The Labute approximate surface area is 124 Å². The van der Waals surface area contributed by atoms with Gasteiger partial charge in [-0.3, -0.25) is 4.79 Å². The Morgan fingerprint density at radius 2 is 1.86 bits per heavy atom. The minimum atomic E-state index is -0.0485. The summed E-state index contributed by atoms with van der Waals surface area (Å²) >= 11 is 0. The summed E-state index contributed by atoms with van der Waals surface area (Å²) in [5.41, 5.74) is 9.57. The van der Waals surface area contributed by atoms with Crippen molar-refractivity contribution in [2.24, 2.45) is 0 Å². The van der Waals surface area contributed by atoms with Gasteiger partial charge in [-0.25, -0.2) is 0 Å². The topological polar surface area (TPSA) is 55.6 Å². The molecule has 4 nitrogen and oxygen atoms in total. The predicted molar refractivity (Wildman–Crippen MR) is 83.4 cm³/mol. The maximum absolute atomic E-state index is 12.2. The van der Waals surface area contributed by atoms with Crippen LogP contribution < -0.4 is 15.4 Å². The van der Waals surface area contributed by atoms with Gasteiger partial charge in [0, 0.05) is 5.69 Å². The third-order valence-corrected chi connectivity index (χ3v) is 3.70. The van der Waals surface area contributed by atoms with Crippen LogP contribution in [0.4, 0.5) is 11.4 Å². The number of hydrogen-bond donors (Lipinski definition) is 1. The number of nitrogens with two attached hydrogens (primary N) is 1. The van der Waals surface area contributed by atoms with Crippen LogP contribution in [0.15, 0.2) is 42.5 Å². The molecule has 0 aliphatic carbocycles. The highest BCUT2D eigenvalue weighted by Gasteiger charge is 2.25. The molecule has 21 heavy (non-hydrogen) atoms. The number of amides is 1. The summed E-state index contributed by atoms with van der Waals surface area (Å²) in [4.78, 5) is 13.9. The Balaban J connectivity index is 1.90. The van der Waals surface area contributed by atoms with Crippen molar-refractivity contribution in [3.63, 3.8) is 0 Å². The molecule has 3 rings (SSSR count). The predicted octanol–water partition coefficient (Wildman–Crippen LogP) is 2.76. The molecule has 0 spiro atoms. The van der Waals surface area contributed by atoms with E-state index in [0.717, 1.165) is 17.7 Å². The molecular weight excluding hydrogens is 264 g/mol. The number of rotatable bonds is 3. The highest BCUT2D eigenvalue weighted by Crippen LogP contribution is 2.34. The summed E-state index contributed by atoms with van der Waals surface area (Å²) in [6.07, 6.45) is 1.01. The summed E-state index contributed by atoms with van der Waals surface area (Å²) < 4.78 is 5.45. The first-order valence-corrected chi connectivity index (χ1v) is 7.08. The lowest BCUT2D eigenvalue weighted by molar-refractivity contribution is -0.121. The van der Waals surface area contributed by atoms with Gasteiger partial charge in [0.05, 0.1) is 12.2 Å². The number of aryl methyl sites for hydroxylation is 1. The SMILES string of the molecule is CCc1ccc(CN2C(=O)COc3ccc(N)cc32)cc1. The first kappa shape index (κ1) is 13.5. The summed E-state index contributed by atoms with van der Waals surface area (Å²) in [7, 11) is 0. The Morgan fingerprint density at radius 3 is 2.57 bits per heavy atom. The van der Waals surface area contributed by atoms with Crippen molar-refractivity contribution in [2.75, 3.05) is 17.2 Å². The number of ether oxygens (including phenoxy) is 1. The van der Waals surface area contributed by atoms with E-state index < -0.39 is 0 Å². The molecule has 1 aliphatic heterocycles. The lowest BCUT2D eigenvalue weighted by atomic mass is 10.1. The number of benzene rings is 2. The summed E-state index contributed by atoms with van der Waals surface area (Å²) in [5.74, 6) is 0.654. The van der Waals surface area contributed by atoms with Crippen LogP contribution in [0.25, 0.3) is 0 Å². The zero-order valence-corrected chi connectivity index (χ0v) is 12.0. The number of hydrogen-bond acceptors (Lipinski definition) is 3. The third-order valence-electron chi connectivity index (χ3n) is 3.70. The smallest absolute Gasteiger partial charge is 0.265 e. The molecule has 1 amide bonds. The van der Waals surface area contributed by atoms with Gasteiger partial charge in [-0.1, -0.05) is 31.2 Å². The largest absolute Gasteiger partial charge is 0.482 e. The molecule has 4 heteroatoms. The number of nitrogen functional groups attached to an aromatic ring is 1. The van der Waals surface area contributed by atoms with E-state index in [9.17, 15) is 4.79 Å². The number of fused-ring (bicyclic) bond motifs is 1. The van der Waals surface area contributed by atoms with E-state index in [1.165, 1.54) is 5.56 Å². The molecule has 0 atom stereocenters. The highest BCUT2D eigenvalue weighted by molar-refractivity contribution is 5.98. The van der Waals surface area contributed by atoms with Crippen LogP contribution in [-0.2, 0) is 17.8 Å². The van der Waals surface area contributed by atoms with E-state index >= 15 is 0 Å². The Bertz CT molecular complexity index is 665. The molecule has 0 aromatic heterocycles. The van der Waals surface area contributed by atoms with Crippen LogP contribution in [0, 0.1) is 0 Å². The van der Waals surface area contributed by atoms with E-state index in [-0.39, 0.29) is 12.5 Å². The maximum atomic E-state index is 12.2. The highest BCUT2D eigenvalue weighted by atomic mass is 16.5. The monoisotopic (exact) mass is 282 g/mol. The van der Waals surface area contributed by atoms with Crippen LogP contribution in [0.5, 0.6) is 5.75 Å². The molecule has 0 unspecified atom stereocenters. The molecule has 1 aliphatic rings. The van der Waals surface area contributed by atoms with Crippen molar-refractivity contribution in [2.45, 2.75) is 19.9 Å². The first-order valence-electron chi connectivity index (χ1n) is 7.08. The van der Waals surface area contributed by atoms with E-state index in [2.05, 4.69) is 31.2 Å². The summed E-state index contributed by atoms with van der Waals surface area (Å²) in [6, 6.07) is 13.7. The van der Waals surface area contributed by atoms with Crippen LogP contribution >= 0.6 is 0 Å². The van der Waals surface area contributed by atoms with Gasteiger partial charge in [-0.05, 0) is 35.7 Å². The Morgan fingerprint density at radius 1 is 1.14 bits per heavy atom. The average molecular weight is 282 g/mol. The van der Waals surface area contributed by atoms with Gasteiger partial charge in [0.25, 0.3) is 5.91 Å². The zero-order valence-electron chi connectivity index (χ0n) is 12.0. The molecule has 2 N–H and O–H groups in total. The number of carbonyl (C=O) groups excluding carboxylic acids is 1. The van der Waals surface area contributed by atoms with Gasteiger partial charge in [0.15, 0.2) is 6.61 Å². The van der Waals surface area contributed by atoms with Crippen molar-refractivity contribution in [3.8, 4) is 5.75 Å². The second-order valence-corrected chi connectivity index (χ2v) is 5.17. The second kappa shape index (κ2) is 5.48. The van der Waals surface area contributed by atoms with Crippen LogP contribution in [-0.4, -0.2) is 12.5 Å². The first-order chi connectivity index (χ1) is 10.2. The summed E-state index contributed by atoms with van der Waals surface area (Å²) in [6.45, 7) is 2.73. The summed E-state index contributed by atoms with van der Waals surface area (Å²) in [5, 5.41) is 0. The molecule has 0 fully saturated rings. The average Bonchev–Trinajstić information content (AvgIpc) is 2.51. The molecule has 0 saturated heterocycles. The third kappa shape index (κ3) is 2.70. The fourth-order valence-corrected chi connectivity index (χ4v) is 2.46. The molecule has 2 aromatic rings. The van der Waals surface area contributed by atoms with E-state index in [0.29, 0.717) is 18.0 Å². The van der Waals surface area contributed by atoms with Gasteiger partial charge in [0.1, 0.15) is 5.75 Å². The van der Waals surface area contributed by atoms with E-state index in [1.807, 2.05) is 6.07 Å². The normalized spacial score (nSPS) is 13.8. The van der Waals surface area contributed by atoms with Crippen molar-refractivity contribution in [1.82, 2.24) is 0 Å². The van der Waals surface area contributed by atoms with E-state index in [4.69, 9.17) is 10.5 Å². The lowest BCUT2D eigenvalue weighted by Gasteiger charge is -2.29. The fourth-order valence-electron chi connectivity index (χ4n) is 2.46. The lowest BCUT2D eigenvalue weighted by Crippen LogP contribution is -2.38. The molecule has 2 aromatic carbocycles. The van der Waals surface area contributed by atoms with E-state index in [1.54, 1.807) is 17.0 Å². The Kier molecular flexibility index (Phi) is 3.52. The number of nitrogens with zero attached hydrogens (tertiary/aromatic N) is 1.